The number of nitrogens with one attached hydrogen (secondary N) is 2. The predicted molar refractivity (Wildman–Crippen MR) is 69.8 cm³/mol. The number of sulfonamides is 1. The molecule has 2 aromatic rings. The number of anilines is 1. The molecule has 0 atom stereocenters. The minimum atomic E-state index is -3.98. The van der Waals surface area contributed by atoms with Crippen LogP contribution in [0, 0.1) is 5.82 Å². The number of hydrogen-bond acceptors (Lipinski definition) is 6. The lowest BCUT2D eigenvalue weighted by Crippen LogP contribution is -2.19. The Morgan fingerprint density at radius 2 is 2.10 bits per heavy atom. The molecule has 1 heterocycles. The van der Waals surface area contributed by atoms with Crippen LogP contribution in [0.2, 0.25) is 0 Å². The standard InChI is InChI=1S/C11H12FN5O2S/c1-13-7-8-2-3-9(12)6-10(8)20(18,19)17-11-14-4-5-15-16-11/h2-6,13H,7H2,1H3,(H,14,16,17). The molecule has 0 fully saturated rings. The lowest BCUT2D eigenvalue weighted by molar-refractivity contribution is 0.591. The zero-order chi connectivity index (χ0) is 14.6. The molecule has 1 aromatic heterocycles. The smallest absolute Gasteiger partial charge is 0.264 e. The van der Waals surface area contributed by atoms with E-state index in [0.29, 0.717) is 5.56 Å². The summed E-state index contributed by atoms with van der Waals surface area (Å²) in [5.74, 6) is -0.815. The van der Waals surface area contributed by atoms with Crippen molar-refractivity contribution in [2.24, 2.45) is 0 Å². The maximum atomic E-state index is 13.3. The van der Waals surface area contributed by atoms with Crippen LogP contribution in [-0.2, 0) is 16.6 Å². The molecule has 106 valence electrons. The highest BCUT2D eigenvalue weighted by Crippen LogP contribution is 2.19. The van der Waals surface area contributed by atoms with Gasteiger partial charge in [-0.3, -0.25) is 0 Å². The minimum absolute atomic E-state index is 0.167. The fourth-order valence-electron chi connectivity index (χ4n) is 1.58. The van der Waals surface area contributed by atoms with Gasteiger partial charge in [0.15, 0.2) is 0 Å². The van der Waals surface area contributed by atoms with E-state index in [0.717, 1.165) is 6.07 Å². The van der Waals surface area contributed by atoms with E-state index in [-0.39, 0.29) is 17.4 Å². The second-order valence-corrected chi connectivity index (χ2v) is 5.51. The first-order chi connectivity index (χ1) is 9.53. The topological polar surface area (TPSA) is 96.9 Å². The summed E-state index contributed by atoms with van der Waals surface area (Å²) in [6.45, 7) is 0.282. The third-order valence-corrected chi connectivity index (χ3v) is 3.80. The lowest BCUT2D eigenvalue weighted by atomic mass is 10.2. The zero-order valence-corrected chi connectivity index (χ0v) is 11.4. The van der Waals surface area contributed by atoms with Gasteiger partial charge in [0.2, 0.25) is 0 Å². The van der Waals surface area contributed by atoms with Gasteiger partial charge in [-0.15, -0.1) is 5.10 Å². The molecule has 0 amide bonds. The van der Waals surface area contributed by atoms with Crippen molar-refractivity contribution in [1.82, 2.24) is 20.5 Å². The van der Waals surface area contributed by atoms with E-state index < -0.39 is 15.8 Å². The third kappa shape index (κ3) is 3.25. The number of aromatic nitrogens is 3. The van der Waals surface area contributed by atoms with Crippen molar-refractivity contribution < 1.29 is 12.8 Å². The summed E-state index contributed by atoms with van der Waals surface area (Å²) in [6.07, 6.45) is 2.61. The Morgan fingerprint density at radius 3 is 2.75 bits per heavy atom. The highest BCUT2D eigenvalue weighted by molar-refractivity contribution is 7.92. The molecule has 0 unspecified atom stereocenters. The molecule has 0 saturated carbocycles. The van der Waals surface area contributed by atoms with Crippen LogP contribution in [0.25, 0.3) is 0 Å². The molecule has 2 rings (SSSR count). The van der Waals surface area contributed by atoms with Crippen LogP contribution in [0.4, 0.5) is 10.3 Å². The van der Waals surface area contributed by atoms with Crippen molar-refractivity contribution in [3.63, 3.8) is 0 Å². The summed E-state index contributed by atoms with van der Waals surface area (Å²) in [5, 5.41) is 9.86. The fraction of sp³-hybridized carbons (Fsp3) is 0.182. The Balaban J connectivity index is 2.41. The predicted octanol–water partition coefficient (Wildman–Crippen LogP) is 0.531. The number of benzene rings is 1. The van der Waals surface area contributed by atoms with E-state index in [1.54, 1.807) is 7.05 Å². The minimum Gasteiger partial charge on any atom is -0.316 e. The van der Waals surface area contributed by atoms with E-state index in [1.807, 2.05) is 0 Å². The molecule has 0 aliphatic rings. The van der Waals surface area contributed by atoms with Gasteiger partial charge in [0.05, 0.1) is 17.3 Å². The first-order valence-electron chi connectivity index (χ1n) is 5.62. The maximum Gasteiger partial charge on any atom is 0.264 e. The Morgan fingerprint density at radius 1 is 1.30 bits per heavy atom. The highest BCUT2D eigenvalue weighted by atomic mass is 32.2. The molecule has 9 heteroatoms. The van der Waals surface area contributed by atoms with Gasteiger partial charge >= 0.3 is 0 Å². The quantitative estimate of drug-likeness (QED) is 0.835. The number of rotatable bonds is 5. The Bertz CT molecular complexity index is 693. The van der Waals surface area contributed by atoms with Crippen LogP contribution in [0.15, 0.2) is 35.5 Å². The second kappa shape index (κ2) is 5.88. The van der Waals surface area contributed by atoms with E-state index in [2.05, 4.69) is 25.2 Å². The van der Waals surface area contributed by atoms with Gasteiger partial charge in [-0.1, -0.05) is 6.07 Å². The second-order valence-electron chi connectivity index (χ2n) is 3.85. The van der Waals surface area contributed by atoms with Crippen molar-refractivity contribution in [2.75, 3.05) is 11.8 Å². The molecule has 20 heavy (non-hydrogen) atoms. The molecule has 1 aromatic carbocycles. The number of halogens is 1. The SMILES string of the molecule is CNCc1ccc(F)cc1S(=O)(=O)Nc1nccnn1. The van der Waals surface area contributed by atoms with Gasteiger partial charge in [0, 0.05) is 6.54 Å². The van der Waals surface area contributed by atoms with Crippen molar-refractivity contribution >= 4 is 16.0 Å². The molecule has 0 radical (unpaired) electrons. The first kappa shape index (κ1) is 14.3. The van der Waals surface area contributed by atoms with Crippen molar-refractivity contribution in [3.8, 4) is 0 Å². The van der Waals surface area contributed by atoms with Gasteiger partial charge in [-0.05, 0) is 24.7 Å². The molecule has 2 N–H and O–H groups in total. The van der Waals surface area contributed by atoms with E-state index in [4.69, 9.17) is 0 Å². The average Bonchev–Trinajstić information content (AvgIpc) is 2.41. The normalized spacial score (nSPS) is 11.3. The Labute approximate surface area is 115 Å². The Hall–Kier alpha value is -2.13. The van der Waals surface area contributed by atoms with Crippen LogP contribution in [-0.4, -0.2) is 30.6 Å². The Kier molecular flexibility index (Phi) is 4.20. The van der Waals surface area contributed by atoms with E-state index in [1.165, 1.54) is 24.5 Å². The van der Waals surface area contributed by atoms with Crippen LogP contribution in [0.5, 0.6) is 0 Å². The lowest BCUT2D eigenvalue weighted by Gasteiger charge is -2.11. The third-order valence-electron chi connectivity index (χ3n) is 2.39. The summed E-state index contributed by atoms with van der Waals surface area (Å²) in [6, 6.07) is 3.56. The molecule has 0 bridgehead atoms. The molecule has 0 aliphatic heterocycles. The van der Waals surface area contributed by atoms with Crippen LogP contribution in [0.1, 0.15) is 5.56 Å². The van der Waals surface area contributed by atoms with Crippen LogP contribution in [0.3, 0.4) is 0 Å². The van der Waals surface area contributed by atoms with Crippen LogP contribution < -0.4 is 10.0 Å². The van der Waals surface area contributed by atoms with Gasteiger partial charge in [0.25, 0.3) is 16.0 Å². The summed E-state index contributed by atoms with van der Waals surface area (Å²) in [5.41, 5.74) is 0.435. The molecular formula is C11H12FN5O2S. The molecule has 0 saturated heterocycles. The van der Waals surface area contributed by atoms with Gasteiger partial charge < -0.3 is 5.32 Å². The first-order valence-corrected chi connectivity index (χ1v) is 7.11. The summed E-state index contributed by atoms with van der Waals surface area (Å²) >= 11 is 0. The fourth-order valence-corrected chi connectivity index (χ4v) is 2.78. The summed E-state index contributed by atoms with van der Waals surface area (Å²) < 4.78 is 39.9. The average molecular weight is 297 g/mol. The van der Waals surface area contributed by atoms with Crippen LogP contribution >= 0.6 is 0 Å². The summed E-state index contributed by atoms with van der Waals surface area (Å²) in [7, 11) is -2.32. The van der Waals surface area contributed by atoms with Crippen molar-refractivity contribution in [3.05, 3.63) is 42.0 Å². The monoisotopic (exact) mass is 297 g/mol. The van der Waals surface area contributed by atoms with Gasteiger partial charge in [-0.2, -0.15) is 5.10 Å². The zero-order valence-electron chi connectivity index (χ0n) is 10.5. The highest BCUT2D eigenvalue weighted by Gasteiger charge is 2.20. The van der Waals surface area contributed by atoms with Gasteiger partial charge in [0.1, 0.15) is 5.82 Å². The molecule has 0 aliphatic carbocycles. The molecule has 0 spiro atoms. The number of nitrogens with zero attached hydrogens (tertiary/aromatic N) is 3. The molecular weight excluding hydrogens is 285 g/mol. The summed E-state index contributed by atoms with van der Waals surface area (Å²) in [4.78, 5) is 3.55. The molecule has 7 nitrogen and oxygen atoms in total. The van der Waals surface area contributed by atoms with Crippen molar-refractivity contribution in [1.29, 1.82) is 0 Å². The largest absolute Gasteiger partial charge is 0.316 e. The van der Waals surface area contributed by atoms with Gasteiger partial charge in [-0.25, -0.2) is 22.5 Å². The van der Waals surface area contributed by atoms with Crippen molar-refractivity contribution in [2.45, 2.75) is 11.4 Å². The number of hydrogen-bond donors (Lipinski definition) is 2. The maximum absolute atomic E-state index is 13.3. The van der Waals surface area contributed by atoms with E-state index >= 15 is 0 Å². The van der Waals surface area contributed by atoms with E-state index in [9.17, 15) is 12.8 Å².